The number of hydrogen-bond acceptors (Lipinski definition) is 13. The van der Waals surface area contributed by atoms with E-state index in [1.54, 1.807) is 0 Å². The maximum Gasteiger partial charge on any atom is 0.220 e. The average Bonchev–Trinajstić information content (AvgIpc) is 3.67. The van der Waals surface area contributed by atoms with Crippen molar-refractivity contribution in [1.82, 2.24) is 5.32 Å². The molecule has 12 atom stereocenters. The minimum Gasteiger partial charge on any atom is -0.394 e. The Balaban J connectivity index is 1.67. The minimum atomic E-state index is -1.78. The maximum atomic E-state index is 13.3. The topological polar surface area (TPSA) is 228 Å². The lowest BCUT2D eigenvalue weighted by molar-refractivity contribution is -0.359. The second-order valence-corrected chi connectivity index (χ2v) is 25.0. The van der Waals surface area contributed by atoms with Gasteiger partial charge in [0, 0.05) is 6.42 Å². The Labute approximate surface area is 501 Å². The number of carbonyl (C=O) groups excluding carboxylic acids is 1. The molecule has 2 fully saturated rings. The van der Waals surface area contributed by atoms with Crippen LogP contribution in [0.4, 0.5) is 0 Å². The van der Waals surface area contributed by atoms with Crippen LogP contribution < -0.4 is 5.32 Å². The van der Waals surface area contributed by atoms with Crippen molar-refractivity contribution in [3.63, 3.8) is 0 Å². The van der Waals surface area contributed by atoms with Gasteiger partial charge in [-0.05, 0) is 38.5 Å². The van der Waals surface area contributed by atoms with Crippen molar-refractivity contribution in [1.29, 1.82) is 0 Å². The number of ether oxygens (including phenoxy) is 4. The van der Waals surface area contributed by atoms with Crippen LogP contribution in [-0.4, -0.2) is 140 Å². The number of hydrogen-bond donors (Lipinski definition) is 9. The molecule has 2 saturated heterocycles. The lowest BCUT2D eigenvalue weighted by Crippen LogP contribution is -2.65. The Morgan fingerprint density at radius 3 is 1.16 bits per heavy atom. The lowest BCUT2D eigenvalue weighted by Gasteiger charge is -2.46. The van der Waals surface area contributed by atoms with Crippen LogP contribution in [0.15, 0.2) is 12.2 Å². The van der Waals surface area contributed by atoms with Crippen molar-refractivity contribution >= 4 is 5.91 Å². The van der Waals surface area contributed by atoms with E-state index in [0.717, 1.165) is 51.4 Å². The third-order valence-electron chi connectivity index (χ3n) is 17.5. The maximum absolute atomic E-state index is 13.3. The zero-order valence-corrected chi connectivity index (χ0v) is 52.8. The third kappa shape index (κ3) is 38.1. The van der Waals surface area contributed by atoms with Gasteiger partial charge < -0.3 is 65.1 Å². The summed E-state index contributed by atoms with van der Waals surface area (Å²) < 4.78 is 22.9. The number of aliphatic hydroxyl groups is 8. The van der Waals surface area contributed by atoms with E-state index in [9.17, 15) is 45.6 Å². The van der Waals surface area contributed by atoms with Gasteiger partial charge >= 0.3 is 0 Å². The summed E-state index contributed by atoms with van der Waals surface area (Å²) in [5.74, 6) is -0.199. The summed E-state index contributed by atoms with van der Waals surface area (Å²) in [4.78, 5) is 13.3. The van der Waals surface area contributed by atoms with Crippen LogP contribution >= 0.6 is 0 Å². The molecule has 0 aromatic heterocycles. The normalized spacial score (nSPS) is 23.9. The predicted molar refractivity (Wildman–Crippen MR) is 332 cm³/mol. The number of carbonyl (C=O) groups is 1. The van der Waals surface area contributed by atoms with Crippen LogP contribution in [0.3, 0.4) is 0 Å². The van der Waals surface area contributed by atoms with Gasteiger partial charge in [0.2, 0.25) is 5.91 Å². The van der Waals surface area contributed by atoms with Crippen LogP contribution in [0.1, 0.15) is 322 Å². The summed E-state index contributed by atoms with van der Waals surface area (Å²) in [7, 11) is 0. The fourth-order valence-corrected chi connectivity index (χ4v) is 11.9. The summed E-state index contributed by atoms with van der Waals surface area (Å²) in [6.07, 6.45) is 47.9. The average molecular weight is 1170 g/mol. The number of allylic oxidation sites excluding steroid dienone is 2. The Hall–Kier alpha value is -1.27. The molecule has 2 rings (SSSR count). The standard InChI is InChI=1S/C68H131NO13/c1-3-5-7-9-11-13-15-17-19-21-23-25-26-27-28-29-30-32-34-36-38-40-42-44-46-48-50-52-60(73)69-56(57(72)51-49-47-45-43-41-39-37-35-33-31-24-22-20-18-16-14-12-10-8-6-4-2)55-79-67-65(78)63(76)66(59(54-71)81-67)82-68-64(77)62(75)61(74)58(53-70)80-68/h21,23,56-59,61-68,70-72,74-78H,3-20,22,24-55H2,1-2H3,(H,69,73)/b23-21-. The number of unbranched alkanes of at least 4 members (excludes halogenated alkanes) is 43. The van der Waals surface area contributed by atoms with E-state index in [1.165, 1.54) is 244 Å². The van der Waals surface area contributed by atoms with E-state index >= 15 is 0 Å². The third-order valence-corrected chi connectivity index (χ3v) is 17.5. The van der Waals surface area contributed by atoms with Gasteiger partial charge in [0.1, 0.15) is 48.8 Å². The molecule has 9 N–H and O–H groups in total. The molecule has 0 saturated carbocycles. The summed E-state index contributed by atoms with van der Waals surface area (Å²) in [5.41, 5.74) is 0. The molecule has 1 amide bonds. The molecule has 14 heteroatoms. The van der Waals surface area contributed by atoms with Crippen LogP contribution in [0.5, 0.6) is 0 Å². The van der Waals surface area contributed by atoms with E-state index in [2.05, 4.69) is 31.3 Å². The molecule has 12 unspecified atom stereocenters. The Morgan fingerprint density at radius 1 is 0.427 bits per heavy atom. The summed E-state index contributed by atoms with van der Waals surface area (Å²) in [6.45, 7) is 2.92. The molecular formula is C68H131NO13. The highest BCUT2D eigenvalue weighted by atomic mass is 16.7. The molecule has 0 aromatic rings. The molecule has 486 valence electrons. The highest BCUT2D eigenvalue weighted by molar-refractivity contribution is 5.76. The monoisotopic (exact) mass is 1170 g/mol. The van der Waals surface area contributed by atoms with E-state index in [4.69, 9.17) is 18.9 Å². The highest BCUT2D eigenvalue weighted by Crippen LogP contribution is 2.30. The van der Waals surface area contributed by atoms with E-state index < -0.39 is 86.8 Å². The Kier molecular flexibility index (Phi) is 50.5. The molecule has 0 spiro atoms. The first-order valence-corrected chi connectivity index (χ1v) is 34.9. The van der Waals surface area contributed by atoms with E-state index in [0.29, 0.717) is 12.8 Å². The Morgan fingerprint density at radius 2 is 0.768 bits per heavy atom. The number of rotatable bonds is 58. The first kappa shape index (κ1) is 76.8. The van der Waals surface area contributed by atoms with Gasteiger partial charge in [-0.15, -0.1) is 0 Å². The number of nitrogens with one attached hydrogen (secondary N) is 1. The number of amides is 1. The SMILES string of the molecule is CCCCCCCCCC/C=C\CCCCCCCCCCCCCCCCCC(=O)NC(COC1OC(CO)C(OC2OC(CO)C(O)C(O)C2O)C(O)C1O)C(O)CCCCCCCCCCCCCCCCCCCCCCC. The molecule has 14 nitrogen and oxygen atoms in total. The minimum absolute atomic E-state index is 0.199. The molecule has 82 heavy (non-hydrogen) atoms. The fraction of sp³-hybridized carbons (Fsp3) is 0.956. The summed E-state index contributed by atoms with van der Waals surface area (Å²) in [5, 5.41) is 87.6. The molecule has 2 heterocycles. The molecule has 2 aliphatic heterocycles. The van der Waals surface area contributed by atoms with Crippen molar-refractivity contribution in [2.75, 3.05) is 19.8 Å². The van der Waals surface area contributed by atoms with Gasteiger partial charge in [0.05, 0.1) is 32.0 Å². The molecule has 0 aliphatic carbocycles. The quantitative estimate of drug-likeness (QED) is 0.0204. The first-order valence-electron chi connectivity index (χ1n) is 34.9. The van der Waals surface area contributed by atoms with Gasteiger partial charge in [-0.3, -0.25) is 4.79 Å². The zero-order chi connectivity index (χ0) is 59.5. The van der Waals surface area contributed by atoms with Crippen LogP contribution in [0, 0.1) is 0 Å². The van der Waals surface area contributed by atoms with Gasteiger partial charge in [-0.1, -0.05) is 289 Å². The van der Waals surface area contributed by atoms with Gasteiger partial charge in [0.25, 0.3) is 0 Å². The molecule has 0 bridgehead atoms. The second-order valence-electron chi connectivity index (χ2n) is 25.0. The first-order chi connectivity index (χ1) is 40.1. The molecule has 2 aliphatic rings. The van der Waals surface area contributed by atoms with E-state index in [1.807, 2.05) is 0 Å². The smallest absolute Gasteiger partial charge is 0.220 e. The summed E-state index contributed by atoms with van der Waals surface area (Å²) >= 11 is 0. The van der Waals surface area contributed by atoms with Crippen LogP contribution in [0.25, 0.3) is 0 Å². The highest BCUT2D eigenvalue weighted by Gasteiger charge is 2.51. The van der Waals surface area contributed by atoms with Gasteiger partial charge in [-0.25, -0.2) is 0 Å². The fourth-order valence-electron chi connectivity index (χ4n) is 11.9. The number of aliphatic hydroxyl groups excluding tert-OH is 8. The van der Waals surface area contributed by atoms with Crippen molar-refractivity contribution in [2.45, 2.75) is 396 Å². The molecular weight excluding hydrogens is 1040 g/mol. The Bertz CT molecular complexity index is 1420. The summed E-state index contributed by atoms with van der Waals surface area (Å²) in [6, 6.07) is -0.826. The van der Waals surface area contributed by atoms with Crippen molar-refractivity contribution < 1.29 is 64.6 Å². The van der Waals surface area contributed by atoms with Gasteiger partial charge in [-0.2, -0.15) is 0 Å². The van der Waals surface area contributed by atoms with Crippen molar-refractivity contribution in [3.05, 3.63) is 12.2 Å². The molecule has 0 aromatic carbocycles. The van der Waals surface area contributed by atoms with Crippen LogP contribution in [-0.2, 0) is 23.7 Å². The largest absolute Gasteiger partial charge is 0.394 e. The zero-order valence-electron chi connectivity index (χ0n) is 52.8. The van der Waals surface area contributed by atoms with Gasteiger partial charge in [0.15, 0.2) is 12.6 Å². The van der Waals surface area contributed by atoms with Crippen LogP contribution in [0.2, 0.25) is 0 Å². The lowest BCUT2D eigenvalue weighted by atomic mass is 9.97. The van der Waals surface area contributed by atoms with Crippen molar-refractivity contribution in [2.24, 2.45) is 0 Å². The van der Waals surface area contributed by atoms with E-state index in [-0.39, 0.29) is 12.5 Å². The molecule has 0 radical (unpaired) electrons. The second kappa shape index (κ2) is 53.9. The predicted octanol–water partition coefficient (Wildman–Crippen LogP) is 13.8. The van der Waals surface area contributed by atoms with Crippen molar-refractivity contribution in [3.8, 4) is 0 Å².